The van der Waals surface area contributed by atoms with Crippen molar-refractivity contribution >= 4 is 39.7 Å². The van der Waals surface area contributed by atoms with Crippen LogP contribution in [0.1, 0.15) is 18.5 Å². The quantitative estimate of drug-likeness (QED) is 0.198. The van der Waals surface area contributed by atoms with Gasteiger partial charge in [0, 0.05) is 37.1 Å². The Morgan fingerprint density at radius 3 is 2.60 bits per heavy atom. The van der Waals surface area contributed by atoms with Crippen molar-refractivity contribution in [2.75, 3.05) is 32.1 Å². The molecule has 6 rings (SSSR count). The highest BCUT2D eigenvalue weighted by molar-refractivity contribution is 6.32. The second kappa shape index (κ2) is 11.2. The van der Waals surface area contributed by atoms with Gasteiger partial charge in [-0.3, -0.25) is 15.1 Å². The van der Waals surface area contributed by atoms with Crippen LogP contribution in [0, 0.1) is 27.9 Å². The van der Waals surface area contributed by atoms with Crippen LogP contribution in [0.2, 0.25) is 5.02 Å². The van der Waals surface area contributed by atoms with E-state index in [1.807, 2.05) is 18.2 Å². The number of hydrogen-bond donors (Lipinski definition) is 1. The molecule has 1 aliphatic heterocycles. The maximum Gasteiger partial charge on any atom is 0.311 e. The van der Waals surface area contributed by atoms with Crippen molar-refractivity contribution in [3.63, 3.8) is 0 Å². The van der Waals surface area contributed by atoms with Crippen LogP contribution in [0.3, 0.4) is 0 Å². The minimum atomic E-state index is -0.422. The number of fused-ring (bicyclic) bond motifs is 2. The number of pyridine rings is 1. The SMILES string of the molecule is CN1C[C@H]2C[C@H](COc3cc4ncnc(Nc5ccc(OCc6ccccn6)c(Cl)c5)c4cc3[N+](=O)[O-])C[C@H]2C1. The summed E-state index contributed by atoms with van der Waals surface area (Å²) in [6, 6.07) is 14.0. The van der Waals surface area contributed by atoms with Crippen molar-refractivity contribution in [3.05, 3.63) is 81.9 Å². The number of nitrogens with zero attached hydrogens (tertiary/aromatic N) is 5. The number of anilines is 2. The molecule has 2 aromatic heterocycles. The molecule has 1 aliphatic carbocycles. The molecule has 1 saturated carbocycles. The van der Waals surface area contributed by atoms with Gasteiger partial charge in [-0.2, -0.15) is 0 Å². The number of ether oxygens (including phenoxy) is 2. The third-order valence-corrected chi connectivity index (χ3v) is 8.01. The lowest BCUT2D eigenvalue weighted by molar-refractivity contribution is -0.385. The minimum absolute atomic E-state index is 0.112. The van der Waals surface area contributed by atoms with E-state index < -0.39 is 4.92 Å². The summed E-state index contributed by atoms with van der Waals surface area (Å²) in [5, 5.41) is 16.1. The van der Waals surface area contributed by atoms with Crippen molar-refractivity contribution in [1.29, 1.82) is 0 Å². The number of aromatic nitrogens is 3. The summed E-state index contributed by atoms with van der Waals surface area (Å²) in [6.45, 7) is 3.00. The predicted octanol–water partition coefficient (Wildman–Crippen LogP) is 5.88. The molecule has 1 N–H and O–H groups in total. The first-order chi connectivity index (χ1) is 19.4. The van der Waals surface area contributed by atoms with Crippen LogP contribution in [0.25, 0.3) is 10.9 Å². The summed E-state index contributed by atoms with van der Waals surface area (Å²) in [7, 11) is 2.16. The molecule has 0 spiro atoms. The molecule has 2 aliphatic rings. The summed E-state index contributed by atoms with van der Waals surface area (Å²) in [4.78, 5) is 26.9. The van der Waals surface area contributed by atoms with Gasteiger partial charge in [-0.1, -0.05) is 17.7 Å². The smallest absolute Gasteiger partial charge is 0.311 e. The number of nitrogens with one attached hydrogen (secondary N) is 1. The lowest BCUT2D eigenvalue weighted by Crippen LogP contribution is -2.18. The second-order valence-corrected chi connectivity index (χ2v) is 11.0. The average molecular weight is 561 g/mol. The summed E-state index contributed by atoms with van der Waals surface area (Å²) in [5.41, 5.74) is 1.87. The first-order valence-corrected chi connectivity index (χ1v) is 13.6. The van der Waals surface area contributed by atoms with Gasteiger partial charge in [0.2, 0.25) is 0 Å². The van der Waals surface area contributed by atoms with Gasteiger partial charge in [0.1, 0.15) is 24.5 Å². The van der Waals surface area contributed by atoms with Gasteiger partial charge >= 0.3 is 5.69 Å². The zero-order valence-corrected chi connectivity index (χ0v) is 22.8. The van der Waals surface area contributed by atoms with E-state index in [9.17, 15) is 10.1 Å². The number of benzene rings is 2. The molecule has 0 unspecified atom stereocenters. The Morgan fingerprint density at radius 1 is 1.05 bits per heavy atom. The Morgan fingerprint density at radius 2 is 1.88 bits per heavy atom. The number of rotatable bonds is 9. The Hall–Kier alpha value is -4.02. The summed E-state index contributed by atoms with van der Waals surface area (Å²) in [6.07, 6.45) is 5.32. The van der Waals surface area contributed by atoms with E-state index in [-0.39, 0.29) is 18.0 Å². The predicted molar refractivity (Wildman–Crippen MR) is 152 cm³/mol. The first-order valence-electron chi connectivity index (χ1n) is 13.3. The molecule has 10 nitrogen and oxygen atoms in total. The molecule has 4 aromatic rings. The van der Waals surface area contributed by atoms with E-state index in [4.69, 9.17) is 21.1 Å². The van der Waals surface area contributed by atoms with Crippen molar-refractivity contribution in [3.8, 4) is 11.5 Å². The van der Waals surface area contributed by atoms with E-state index >= 15 is 0 Å². The van der Waals surface area contributed by atoms with Crippen LogP contribution in [0.5, 0.6) is 11.5 Å². The Bertz CT molecular complexity index is 1520. The number of likely N-dealkylation sites (tertiary alicyclic amines) is 1. The fourth-order valence-electron chi connectivity index (χ4n) is 5.90. The summed E-state index contributed by atoms with van der Waals surface area (Å²) < 4.78 is 11.9. The number of hydrogen-bond acceptors (Lipinski definition) is 9. The van der Waals surface area contributed by atoms with E-state index in [2.05, 4.69) is 32.2 Å². The monoisotopic (exact) mass is 560 g/mol. The molecule has 0 radical (unpaired) electrons. The fourth-order valence-corrected chi connectivity index (χ4v) is 6.14. The van der Waals surface area contributed by atoms with E-state index in [1.165, 1.54) is 12.4 Å². The normalized spacial score (nSPS) is 20.4. The van der Waals surface area contributed by atoms with E-state index in [0.717, 1.165) is 31.6 Å². The van der Waals surface area contributed by atoms with E-state index in [1.54, 1.807) is 30.5 Å². The summed E-state index contributed by atoms with van der Waals surface area (Å²) >= 11 is 6.47. The van der Waals surface area contributed by atoms with Crippen LogP contribution in [-0.4, -0.2) is 51.5 Å². The number of nitro benzene ring substituents is 1. The largest absolute Gasteiger partial charge is 0.486 e. The fraction of sp³-hybridized carbons (Fsp3) is 0.345. The third kappa shape index (κ3) is 5.64. The molecule has 2 fully saturated rings. The molecule has 206 valence electrons. The average Bonchev–Trinajstić information content (AvgIpc) is 3.48. The van der Waals surface area contributed by atoms with Crippen LogP contribution in [0.15, 0.2) is 61.1 Å². The third-order valence-electron chi connectivity index (χ3n) is 7.71. The van der Waals surface area contributed by atoms with Crippen molar-refractivity contribution < 1.29 is 14.4 Å². The highest BCUT2D eigenvalue weighted by atomic mass is 35.5. The van der Waals surface area contributed by atoms with Crippen molar-refractivity contribution in [2.45, 2.75) is 19.4 Å². The van der Waals surface area contributed by atoms with Gasteiger partial charge in [0.15, 0.2) is 5.75 Å². The van der Waals surface area contributed by atoms with Crippen LogP contribution >= 0.6 is 11.6 Å². The first kappa shape index (κ1) is 26.2. The molecule has 3 atom stereocenters. The lowest BCUT2D eigenvalue weighted by Gasteiger charge is -2.16. The maximum absolute atomic E-state index is 12.0. The lowest BCUT2D eigenvalue weighted by atomic mass is 10.0. The Labute approximate surface area is 236 Å². The molecule has 0 amide bonds. The molecule has 1 saturated heterocycles. The Kier molecular flexibility index (Phi) is 7.36. The zero-order chi connectivity index (χ0) is 27.6. The Balaban J connectivity index is 1.18. The van der Waals surface area contributed by atoms with Crippen LogP contribution in [0.4, 0.5) is 17.2 Å². The van der Waals surface area contributed by atoms with Gasteiger partial charge in [-0.05, 0) is 68.0 Å². The van der Waals surface area contributed by atoms with Gasteiger partial charge in [-0.25, -0.2) is 9.97 Å². The topological polar surface area (TPSA) is 116 Å². The van der Waals surface area contributed by atoms with Gasteiger partial charge in [0.25, 0.3) is 0 Å². The highest BCUT2D eigenvalue weighted by Gasteiger charge is 2.40. The molecule has 11 heteroatoms. The van der Waals surface area contributed by atoms with Gasteiger partial charge < -0.3 is 19.7 Å². The van der Waals surface area contributed by atoms with Crippen LogP contribution in [-0.2, 0) is 6.61 Å². The molecule has 40 heavy (non-hydrogen) atoms. The molecular formula is C29H29ClN6O4. The van der Waals surface area contributed by atoms with E-state index in [0.29, 0.717) is 57.5 Å². The van der Waals surface area contributed by atoms with Crippen molar-refractivity contribution in [1.82, 2.24) is 19.9 Å². The van der Waals surface area contributed by atoms with Crippen molar-refractivity contribution in [2.24, 2.45) is 17.8 Å². The second-order valence-electron chi connectivity index (χ2n) is 10.6. The molecule has 0 bridgehead atoms. The minimum Gasteiger partial charge on any atom is -0.486 e. The molecule has 2 aromatic carbocycles. The highest BCUT2D eigenvalue weighted by Crippen LogP contribution is 2.42. The summed E-state index contributed by atoms with van der Waals surface area (Å²) in [5.74, 6) is 2.96. The molecular weight excluding hydrogens is 532 g/mol. The van der Waals surface area contributed by atoms with Crippen LogP contribution < -0.4 is 14.8 Å². The van der Waals surface area contributed by atoms with Gasteiger partial charge in [0.05, 0.1) is 33.1 Å². The van der Waals surface area contributed by atoms with Gasteiger partial charge in [-0.15, -0.1) is 0 Å². The maximum atomic E-state index is 12.0. The number of nitro groups is 1. The number of halogens is 1. The molecule has 3 heterocycles. The standard InChI is InChI=1S/C29H29ClN6O4/c1-35-13-19-8-18(9-20(19)14-35)15-39-28-12-25-23(11-26(28)36(37)38)29(33-17-32-25)34-21-5-6-27(24(30)10-21)40-16-22-4-2-3-7-31-22/h2-7,10-12,17-20H,8-9,13-16H2,1H3,(H,32,33,34)/t18-,19+,20-. The zero-order valence-electron chi connectivity index (χ0n) is 22.0.